The first-order chi connectivity index (χ1) is 12.9. The lowest BCUT2D eigenvalue weighted by Crippen LogP contribution is -2.48. The molecule has 0 aliphatic heterocycles. The van der Waals surface area contributed by atoms with Gasteiger partial charge in [0.2, 0.25) is 11.8 Å². The fraction of sp³-hybridized carbons (Fsp3) is 0.364. The number of nitrogens with one attached hydrogen (secondary N) is 1. The number of nitrogens with zero attached hydrogens (tertiary/aromatic N) is 1. The molecule has 1 atom stereocenters. The lowest BCUT2D eigenvalue weighted by Gasteiger charge is -2.29. The van der Waals surface area contributed by atoms with E-state index in [0.717, 1.165) is 27.6 Å². The number of hydrogen-bond acceptors (Lipinski definition) is 2. The Morgan fingerprint density at radius 2 is 1.81 bits per heavy atom. The number of aryl methyl sites for hydroxylation is 1. The maximum absolute atomic E-state index is 13.0. The largest absolute Gasteiger partial charge is 0.354 e. The van der Waals surface area contributed by atoms with Crippen molar-refractivity contribution in [3.8, 4) is 0 Å². The Bertz CT molecular complexity index is 774. The number of amides is 2. The number of benzene rings is 2. The second kappa shape index (κ2) is 10.3. The molecule has 0 aliphatic rings. The van der Waals surface area contributed by atoms with Crippen molar-refractivity contribution in [1.29, 1.82) is 0 Å². The summed E-state index contributed by atoms with van der Waals surface area (Å²) in [6.07, 6.45) is 1.14. The van der Waals surface area contributed by atoms with Crippen LogP contribution in [0.4, 0.5) is 0 Å². The van der Waals surface area contributed by atoms with E-state index in [9.17, 15) is 9.59 Å². The van der Waals surface area contributed by atoms with Crippen LogP contribution in [0, 0.1) is 6.92 Å². The van der Waals surface area contributed by atoms with Crippen molar-refractivity contribution in [3.05, 3.63) is 69.7 Å². The normalized spacial score (nSPS) is 11.7. The van der Waals surface area contributed by atoms with Crippen LogP contribution in [0.2, 0.25) is 0 Å². The first-order valence-electron chi connectivity index (χ1n) is 9.28. The Kier molecular flexibility index (Phi) is 8.04. The van der Waals surface area contributed by atoms with Gasteiger partial charge in [0.05, 0.1) is 6.42 Å². The van der Waals surface area contributed by atoms with Gasteiger partial charge in [0.15, 0.2) is 0 Å². The lowest BCUT2D eigenvalue weighted by atomic mass is 10.1. The van der Waals surface area contributed by atoms with Gasteiger partial charge in [0, 0.05) is 17.6 Å². The van der Waals surface area contributed by atoms with Crippen molar-refractivity contribution >= 4 is 27.7 Å². The third-order valence-corrected chi connectivity index (χ3v) is 4.93. The lowest BCUT2D eigenvalue weighted by molar-refractivity contribution is -0.140. The Labute approximate surface area is 170 Å². The molecule has 2 rings (SSSR count). The molecular weight excluding hydrogens is 404 g/mol. The zero-order valence-corrected chi connectivity index (χ0v) is 17.8. The van der Waals surface area contributed by atoms with E-state index in [1.807, 2.05) is 62.4 Å². The van der Waals surface area contributed by atoms with Gasteiger partial charge in [-0.05, 0) is 43.5 Å². The summed E-state index contributed by atoms with van der Waals surface area (Å²) >= 11 is 3.47. The molecule has 0 saturated carbocycles. The molecular formula is C22H27BrN2O2. The first kappa shape index (κ1) is 21.2. The van der Waals surface area contributed by atoms with E-state index in [2.05, 4.69) is 21.2 Å². The standard InChI is InChI=1S/C22H27BrN2O2/c1-4-12-24-22(27)17(3)25(15-19-6-5-7-20(23)13-19)21(26)14-18-10-8-16(2)9-11-18/h5-11,13,17H,4,12,14-15H2,1-3H3,(H,24,27)/t17-/m0/s1. The molecule has 0 fully saturated rings. The van der Waals surface area contributed by atoms with E-state index in [4.69, 9.17) is 0 Å². The van der Waals surface area contributed by atoms with Gasteiger partial charge in [-0.3, -0.25) is 9.59 Å². The van der Waals surface area contributed by atoms with Crippen LogP contribution in [0.15, 0.2) is 53.0 Å². The zero-order valence-electron chi connectivity index (χ0n) is 16.2. The smallest absolute Gasteiger partial charge is 0.242 e. The molecule has 0 spiro atoms. The topological polar surface area (TPSA) is 49.4 Å². The van der Waals surface area contributed by atoms with Crippen molar-refractivity contribution in [2.24, 2.45) is 0 Å². The molecule has 0 aromatic heterocycles. The van der Waals surface area contributed by atoms with Gasteiger partial charge in [-0.1, -0.05) is 64.8 Å². The van der Waals surface area contributed by atoms with Gasteiger partial charge >= 0.3 is 0 Å². The summed E-state index contributed by atoms with van der Waals surface area (Å²) in [6, 6.07) is 15.2. The highest BCUT2D eigenvalue weighted by Gasteiger charge is 2.26. The van der Waals surface area contributed by atoms with Crippen LogP contribution in [0.5, 0.6) is 0 Å². The van der Waals surface area contributed by atoms with E-state index in [1.165, 1.54) is 0 Å². The van der Waals surface area contributed by atoms with Crippen molar-refractivity contribution < 1.29 is 9.59 Å². The molecule has 4 nitrogen and oxygen atoms in total. The first-order valence-corrected chi connectivity index (χ1v) is 10.1. The maximum atomic E-state index is 13.0. The average molecular weight is 431 g/mol. The van der Waals surface area contributed by atoms with Crippen LogP contribution < -0.4 is 5.32 Å². The van der Waals surface area contributed by atoms with Crippen LogP contribution >= 0.6 is 15.9 Å². The highest BCUT2D eigenvalue weighted by Crippen LogP contribution is 2.16. The molecule has 5 heteroatoms. The number of rotatable bonds is 8. The number of carbonyl (C=O) groups is 2. The third kappa shape index (κ3) is 6.51. The number of carbonyl (C=O) groups excluding carboxylic acids is 2. The predicted octanol–water partition coefficient (Wildman–Crippen LogP) is 4.24. The predicted molar refractivity (Wildman–Crippen MR) is 112 cm³/mol. The van der Waals surface area contributed by atoms with Crippen LogP contribution in [-0.4, -0.2) is 29.3 Å². The molecule has 0 saturated heterocycles. The second-order valence-corrected chi connectivity index (χ2v) is 7.70. The van der Waals surface area contributed by atoms with Crippen LogP contribution in [0.25, 0.3) is 0 Å². The maximum Gasteiger partial charge on any atom is 0.242 e. The van der Waals surface area contributed by atoms with Gasteiger partial charge in [-0.15, -0.1) is 0 Å². The van der Waals surface area contributed by atoms with Crippen molar-refractivity contribution in [1.82, 2.24) is 10.2 Å². The Balaban J connectivity index is 2.20. The molecule has 27 heavy (non-hydrogen) atoms. The molecule has 0 unspecified atom stereocenters. The molecule has 2 amide bonds. The van der Waals surface area contributed by atoms with Crippen LogP contribution in [0.3, 0.4) is 0 Å². The molecule has 0 radical (unpaired) electrons. The van der Waals surface area contributed by atoms with Gasteiger partial charge in [0.25, 0.3) is 0 Å². The molecule has 2 aromatic rings. The Hall–Kier alpha value is -2.14. The van der Waals surface area contributed by atoms with Gasteiger partial charge in [-0.25, -0.2) is 0 Å². The third-order valence-electron chi connectivity index (χ3n) is 4.43. The SMILES string of the molecule is CCCNC(=O)[C@H](C)N(Cc1cccc(Br)c1)C(=O)Cc1ccc(C)cc1. The summed E-state index contributed by atoms with van der Waals surface area (Å²) in [5.74, 6) is -0.179. The Morgan fingerprint density at radius 1 is 1.11 bits per heavy atom. The van der Waals surface area contributed by atoms with E-state index in [0.29, 0.717) is 13.1 Å². The van der Waals surface area contributed by atoms with E-state index in [-0.39, 0.29) is 18.2 Å². The molecule has 1 N–H and O–H groups in total. The summed E-state index contributed by atoms with van der Waals surface area (Å²) in [4.78, 5) is 27.2. The molecule has 144 valence electrons. The van der Waals surface area contributed by atoms with E-state index in [1.54, 1.807) is 11.8 Å². The van der Waals surface area contributed by atoms with E-state index >= 15 is 0 Å². The number of hydrogen-bond donors (Lipinski definition) is 1. The minimum Gasteiger partial charge on any atom is -0.354 e. The molecule has 2 aromatic carbocycles. The van der Waals surface area contributed by atoms with E-state index < -0.39 is 6.04 Å². The van der Waals surface area contributed by atoms with Crippen molar-refractivity contribution in [2.45, 2.75) is 46.2 Å². The van der Waals surface area contributed by atoms with Crippen molar-refractivity contribution in [3.63, 3.8) is 0 Å². The van der Waals surface area contributed by atoms with Gasteiger partial charge in [-0.2, -0.15) is 0 Å². The number of halogens is 1. The summed E-state index contributed by atoms with van der Waals surface area (Å²) in [6.45, 7) is 6.82. The fourth-order valence-corrected chi connectivity index (χ4v) is 3.24. The monoisotopic (exact) mass is 430 g/mol. The van der Waals surface area contributed by atoms with Crippen LogP contribution in [-0.2, 0) is 22.6 Å². The average Bonchev–Trinajstić information content (AvgIpc) is 2.65. The molecule has 0 bridgehead atoms. The summed E-state index contributed by atoms with van der Waals surface area (Å²) < 4.78 is 0.953. The van der Waals surface area contributed by atoms with Gasteiger partial charge < -0.3 is 10.2 Å². The van der Waals surface area contributed by atoms with Gasteiger partial charge in [0.1, 0.15) is 6.04 Å². The Morgan fingerprint density at radius 3 is 2.44 bits per heavy atom. The summed E-state index contributed by atoms with van der Waals surface area (Å²) in [5, 5.41) is 2.89. The summed E-state index contributed by atoms with van der Waals surface area (Å²) in [5.41, 5.74) is 3.09. The summed E-state index contributed by atoms with van der Waals surface area (Å²) in [7, 11) is 0. The highest BCUT2D eigenvalue weighted by atomic mass is 79.9. The minimum atomic E-state index is -0.534. The van der Waals surface area contributed by atoms with Crippen LogP contribution in [0.1, 0.15) is 37.0 Å². The highest BCUT2D eigenvalue weighted by molar-refractivity contribution is 9.10. The quantitative estimate of drug-likeness (QED) is 0.680. The van der Waals surface area contributed by atoms with Crippen molar-refractivity contribution in [2.75, 3.05) is 6.54 Å². The molecule has 0 heterocycles. The second-order valence-electron chi connectivity index (χ2n) is 6.78. The molecule has 0 aliphatic carbocycles. The zero-order chi connectivity index (χ0) is 19.8. The minimum absolute atomic E-state index is 0.0574. The fourth-order valence-electron chi connectivity index (χ4n) is 2.79.